The predicted octanol–water partition coefficient (Wildman–Crippen LogP) is 3.30. The molecule has 0 spiro atoms. The van der Waals surface area contributed by atoms with Crippen molar-refractivity contribution in [3.8, 4) is 11.4 Å². The molecule has 0 aliphatic heterocycles. The Labute approximate surface area is 146 Å². The van der Waals surface area contributed by atoms with Crippen molar-refractivity contribution in [1.82, 2.24) is 25.5 Å². The highest BCUT2D eigenvalue weighted by atomic mass is 16.1. The minimum Gasteiger partial charge on any atom is -0.343 e. The number of hydrogen-bond acceptors (Lipinski definition) is 4. The van der Waals surface area contributed by atoms with Gasteiger partial charge in [0.2, 0.25) is 0 Å². The van der Waals surface area contributed by atoms with Crippen molar-refractivity contribution in [2.75, 3.05) is 0 Å². The standard InChI is InChI=1S/C19H21N5O/c1-12(2)17(16-6-4-5-11-20-16)22-19(25)15-9-7-14(8-10-15)18-21-13(3)23-24-18/h4-12,17H,1-3H3,(H,22,25)(H,21,23,24)/t17-/m1/s1. The maximum atomic E-state index is 12.6. The van der Waals surface area contributed by atoms with Crippen molar-refractivity contribution in [1.29, 1.82) is 0 Å². The van der Waals surface area contributed by atoms with E-state index in [-0.39, 0.29) is 17.9 Å². The minimum atomic E-state index is -0.135. The molecule has 0 radical (unpaired) electrons. The van der Waals surface area contributed by atoms with Gasteiger partial charge in [-0.05, 0) is 37.1 Å². The molecule has 6 heteroatoms. The van der Waals surface area contributed by atoms with Crippen LogP contribution in [0.5, 0.6) is 0 Å². The summed E-state index contributed by atoms with van der Waals surface area (Å²) < 4.78 is 0. The van der Waals surface area contributed by atoms with Crippen molar-refractivity contribution < 1.29 is 4.79 Å². The SMILES string of the molecule is Cc1nc(-c2ccc(C(=O)N[C@@H](c3ccccn3)C(C)C)cc2)n[nH]1. The van der Waals surface area contributed by atoms with Crippen LogP contribution in [-0.2, 0) is 0 Å². The minimum absolute atomic E-state index is 0.123. The van der Waals surface area contributed by atoms with Crippen LogP contribution in [-0.4, -0.2) is 26.1 Å². The summed E-state index contributed by atoms with van der Waals surface area (Å²) in [5.41, 5.74) is 2.32. The summed E-state index contributed by atoms with van der Waals surface area (Å²) in [5, 5.41) is 10.0. The average Bonchev–Trinajstić information content (AvgIpc) is 3.06. The largest absolute Gasteiger partial charge is 0.343 e. The van der Waals surface area contributed by atoms with E-state index in [1.54, 1.807) is 18.3 Å². The van der Waals surface area contributed by atoms with Crippen molar-refractivity contribution in [3.63, 3.8) is 0 Å². The van der Waals surface area contributed by atoms with Crippen molar-refractivity contribution in [2.24, 2.45) is 5.92 Å². The molecular weight excluding hydrogens is 314 g/mol. The number of aromatic amines is 1. The Kier molecular flexibility index (Phi) is 4.88. The molecule has 2 N–H and O–H groups in total. The lowest BCUT2D eigenvalue weighted by atomic mass is 9.99. The van der Waals surface area contributed by atoms with Crippen LogP contribution in [0, 0.1) is 12.8 Å². The molecule has 3 aromatic rings. The number of amides is 1. The molecule has 2 heterocycles. The van der Waals surface area contributed by atoms with Gasteiger partial charge in [0, 0.05) is 17.3 Å². The number of pyridine rings is 1. The van der Waals surface area contributed by atoms with Crippen LogP contribution >= 0.6 is 0 Å². The summed E-state index contributed by atoms with van der Waals surface area (Å²) >= 11 is 0. The van der Waals surface area contributed by atoms with E-state index >= 15 is 0 Å². The molecule has 0 fully saturated rings. The molecule has 128 valence electrons. The fourth-order valence-corrected chi connectivity index (χ4v) is 2.61. The van der Waals surface area contributed by atoms with E-state index in [2.05, 4.69) is 39.3 Å². The number of benzene rings is 1. The molecule has 0 aliphatic rings. The van der Waals surface area contributed by atoms with Crippen LogP contribution < -0.4 is 5.32 Å². The van der Waals surface area contributed by atoms with Gasteiger partial charge in [-0.3, -0.25) is 14.9 Å². The van der Waals surface area contributed by atoms with E-state index in [9.17, 15) is 4.79 Å². The quantitative estimate of drug-likeness (QED) is 0.749. The monoisotopic (exact) mass is 335 g/mol. The fraction of sp³-hybridized carbons (Fsp3) is 0.263. The number of hydrogen-bond donors (Lipinski definition) is 2. The molecule has 1 amide bonds. The van der Waals surface area contributed by atoms with E-state index in [0.29, 0.717) is 11.4 Å². The summed E-state index contributed by atoms with van der Waals surface area (Å²) in [6, 6.07) is 12.9. The third-order valence-corrected chi connectivity index (χ3v) is 3.96. The number of nitrogens with one attached hydrogen (secondary N) is 2. The lowest BCUT2D eigenvalue weighted by Crippen LogP contribution is -2.32. The first kappa shape index (κ1) is 16.8. The summed E-state index contributed by atoms with van der Waals surface area (Å²) in [6.07, 6.45) is 1.74. The van der Waals surface area contributed by atoms with Crippen molar-refractivity contribution in [3.05, 3.63) is 65.7 Å². The van der Waals surface area contributed by atoms with Crippen LogP contribution in [0.1, 0.15) is 41.8 Å². The topological polar surface area (TPSA) is 83.6 Å². The number of aromatic nitrogens is 4. The molecular formula is C19H21N5O. The summed E-state index contributed by atoms with van der Waals surface area (Å²) in [6.45, 7) is 5.98. The van der Waals surface area contributed by atoms with Gasteiger partial charge in [0.1, 0.15) is 5.82 Å². The fourth-order valence-electron chi connectivity index (χ4n) is 2.61. The molecule has 0 aliphatic carbocycles. The molecule has 2 aromatic heterocycles. The second-order valence-electron chi connectivity index (χ2n) is 6.27. The zero-order valence-electron chi connectivity index (χ0n) is 14.5. The van der Waals surface area contributed by atoms with Gasteiger partial charge in [-0.25, -0.2) is 4.98 Å². The highest BCUT2D eigenvalue weighted by Crippen LogP contribution is 2.21. The van der Waals surface area contributed by atoms with Crippen LogP contribution in [0.15, 0.2) is 48.7 Å². The Balaban J connectivity index is 1.76. The number of aryl methyl sites for hydroxylation is 1. The van der Waals surface area contributed by atoms with Crippen LogP contribution in [0.3, 0.4) is 0 Å². The van der Waals surface area contributed by atoms with E-state index in [1.807, 2.05) is 37.3 Å². The summed E-state index contributed by atoms with van der Waals surface area (Å²) in [7, 11) is 0. The molecule has 0 bridgehead atoms. The maximum Gasteiger partial charge on any atom is 0.251 e. The van der Waals surface area contributed by atoms with Crippen LogP contribution in [0.4, 0.5) is 0 Å². The number of H-pyrrole nitrogens is 1. The second-order valence-corrected chi connectivity index (χ2v) is 6.27. The van der Waals surface area contributed by atoms with E-state index in [1.165, 1.54) is 0 Å². The van der Waals surface area contributed by atoms with Crippen LogP contribution in [0.25, 0.3) is 11.4 Å². The summed E-state index contributed by atoms with van der Waals surface area (Å²) in [5.74, 6) is 1.49. The van der Waals surface area contributed by atoms with E-state index in [0.717, 1.165) is 17.1 Å². The zero-order valence-corrected chi connectivity index (χ0v) is 14.5. The van der Waals surface area contributed by atoms with Gasteiger partial charge >= 0.3 is 0 Å². The lowest BCUT2D eigenvalue weighted by molar-refractivity contribution is 0.0924. The lowest BCUT2D eigenvalue weighted by Gasteiger charge is -2.22. The maximum absolute atomic E-state index is 12.6. The predicted molar refractivity (Wildman–Crippen MR) is 95.8 cm³/mol. The smallest absolute Gasteiger partial charge is 0.251 e. The van der Waals surface area contributed by atoms with Gasteiger partial charge in [0.15, 0.2) is 5.82 Å². The third kappa shape index (κ3) is 3.91. The Morgan fingerprint density at radius 2 is 1.88 bits per heavy atom. The van der Waals surface area contributed by atoms with Gasteiger partial charge in [0.25, 0.3) is 5.91 Å². The number of carbonyl (C=O) groups excluding carboxylic acids is 1. The molecule has 0 unspecified atom stereocenters. The Morgan fingerprint density at radius 1 is 1.12 bits per heavy atom. The highest BCUT2D eigenvalue weighted by Gasteiger charge is 2.20. The Hall–Kier alpha value is -3.02. The average molecular weight is 335 g/mol. The number of rotatable bonds is 5. The van der Waals surface area contributed by atoms with E-state index in [4.69, 9.17) is 0 Å². The Morgan fingerprint density at radius 3 is 2.44 bits per heavy atom. The molecule has 0 saturated heterocycles. The van der Waals surface area contributed by atoms with Gasteiger partial charge in [-0.1, -0.05) is 32.0 Å². The molecule has 1 aromatic carbocycles. The number of nitrogens with zero attached hydrogens (tertiary/aromatic N) is 3. The van der Waals surface area contributed by atoms with Gasteiger partial charge < -0.3 is 5.32 Å². The first-order valence-corrected chi connectivity index (χ1v) is 8.26. The van der Waals surface area contributed by atoms with E-state index < -0.39 is 0 Å². The van der Waals surface area contributed by atoms with Crippen LogP contribution in [0.2, 0.25) is 0 Å². The Bertz CT molecular complexity index is 840. The first-order chi connectivity index (χ1) is 12.0. The molecule has 25 heavy (non-hydrogen) atoms. The van der Waals surface area contributed by atoms with Gasteiger partial charge in [-0.15, -0.1) is 0 Å². The molecule has 3 rings (SSSR count). The molecule has 6 nitrogen and oxygen atoms in total. The normalized spacial score (nSPS) is 12.2. The molecule has 0 saturated carbocycles. The first-order valence-electron chi connectivity index (χ1n) is 8.26. The zero-order chi connectivity index (χ0) is 17.8. The van der Waals surface area contributed by atoms with Crippen molar-refractivity contribution >= 4 is 5.91 Å². The van der Waals surface area contributed by atoms with Gasteiger partial charge in [0.05, 0.1) is 11.7 Å². The second kappa shape index (κ2) is 7.25. The third-order valence-electron chi connectivity index (χ3n) is 3.96. The molecule has 1 atom stereocenters. The number of carbonyl (C=O) groups is 1. The highest BCUT2D eigenvalue weighted by molar-refractivity contribution is 5.94. The summed E-state index contributed by atoms with van der Waals surface area (Å²) in [4.78, 5) is 21.3. The van der Waals surface area contributed by atoms with Gasteiger partial charge in [-0.2, -0.15) is 5.10 Å². The van der Waals surface area contributed by atoms with Crippen molar-refractivity contribution in [2.45, 2.75) is 26.8 Å².